The Balaban J connectivity index is 1.94. The van der Waals surface area contributed by atoms with E-state index in [0.717, 1.165) is 6.42 Å². The minimum atomic E-state index is -3.51. The molecule has 2 saturated heterocycles. The summed E-state index contributed by atoms with van der Waals surface area (Å²) in [5.74, 6) is -2.05. The summed E-state index contributed by atoms with van der Waals surface area (Å²) in [5, 5.41) is 9.14. The number of nitrogens with zero attached hydrogens (tertiary/aromatic N) is 1. The van der Waals surface area contributed by atoms with E-state index in [1.165, 1.54) is 4.31 Å². The molecule has 0 saturated carbocycles. The van der Waals surface area contributed by atoms with Crippen LogP contribution in [0.1, 0.15) is 39.0 Å². The summed E-state index contributed by atoms with van der Waals surface area (Å²) in [5.41, 5.74) is 0. The van der Waals surface area contributed by atoms with Gasteiger partial charge in [0, 0.05) is 18.5 Å². The number of aliphatic carboxylic acids is 1. The van der Waals surface area contributed by atoms with Crippen molar-refractivity contribution in [1.29, 1.82) is 0 Å². The fraction of sp³-hybridized carbons (Fsp3) is 0.846. The molecule has 2 aliphatic heterocycles. The zero-order valence-electron chi connectivity index (χ0n) is 12.0. The monoisotopic (exact) mass is 319 g/mol. The van der Waals surface area contributed by atoms with Gasteiger partial charge in [-0.2, -0.15) is 4.31 Å². The van der Waals surface area contributed by atoms with Crippen LogP contribution in [0.5, 0.6) is 0 Å². The summed E-state index contributed by atoms with van der Waals surface area (Å²) in [7, 11) is -3.51. The topological polar surface area (TPSA) is 101 Å². The number of sulfonamides is 1. The van der Waals surface area contributed by atoms with Crippen LogP contribution in [0.2, 0.25) is 0 Å². The third-order valence-corrected chi connectivity index (χ3v) is 6.22. The Morgan fingerprint density at radius 3 is 2.62 bits per heavy atom. The predicted octanol–water partition coefficient (Wildman–Crippen LogP) is 0.597. The number of esters is 1. The molecule has 3 unspecified atom stereocenters. The van der Waals surface area contributed by atoms with Crippen LogP contribution >= 0.6 is 0 Å². The smallest absolute Gasteiger partial charge is 0.308 e. The first-order valence-corrected chi connectivity index (χ1v) is 8.87. The maximum atomic E-state index is 12.4. The molecule has 2 bridgehead atoms. The average Bonchev–Trinajstić information content (AvgIpc) is 2.96. The lowest BCUT2D eigenvalue weighted by molar-refractivity contribution is -0.143. The van der Waals surface area contributed by atoms with Crippen molar-refractivity contribution in [3.05, 3.63) is 0 Å². The zero-order valence-corrected chi connectivity index (χ0v) is 12.8. The highest BCUT2D eigenvalue weighted by molar-refractivity contribution is 7.89. The number of fused-ring (bicyclic) bond motifs is 2. The second-order valence-electron chi connectivity index (χ2n) is 5.53. The van der Waals surface area contributed by atoms with Crippen LogP contribution in [0.25, 0.3) is 0 Å². The molecule has 2 fully saturated rings. The van der Waals surface area contributed by atoms with Gasteiger partial charge in [-0.15, -0.1) is 0 Å². The number of carbonyl (C=O) groups is 2. The lowest BCUT2D eigenvalue weighted by Gasteiger charge is -2.22. The van der Waals surface area contributed by atoms with E-state index in [0.29, 0.717) is 12.8 Å². The molecule has 2 rings (SSSR count). The summed E-state index contributed by atoms with van der Waals surface area (Å²) in [6.45, 7) is 1.98. The summed E-state index contributed by atoms with van der Waals surface area (Å²) in [6.07, 6.45) is 2.01. The van der Waals surface area contributed by atoms with Crippen molar-refractivity contribution >= 4 is 22.0 Å². The Hall–Kier alpha value is -1.15. The normalized spacial score (nSPS) is 28.7. The summed E-state index contributed by atoms with van der Waals surface area (Å²) in [4.78, 5) is 22.4. The van der Waals surface area contributed by atoms with Crippen molar-refractivity contribution in [2.45, 2.75) is 51.1 Å². The van der Waals surface area contributed by atoms with Gasteiger partial charge in [0.1, 0.15) is 0 Å². The first kappa shape index (κ1) is 16.2. The molecule has 3 atom stereocenters. The summed E-state index contributed by atoms with van der Waals surface area (Å²) < 4.78 is 30.9. The maximum absolute atomic E-state index is 12.4. The lowest BCUT2D eigenvalue weighted by atomic mass is 9.89. The Morgan fingerprint density at radius 1 is 1.33 bits per heavy atom. The number of hydrogen-bond donors (Lipinski definition) is 1. The van der Waals surface area contributed by atoms with Crippen molar-refractivity contribution in [2.75, 3.05) is 12.4 Å². The number of hydrogen-bond acceptors (Lipinski definition) is 5. The number of carboxylic acids is 1. The van der Waals surface area contributed by atoms with E-state index >= 15 is 0 Å². The van der Waals surface area contributed by atoms with Gasteiger partial charge in [0.15, 0.2) is 0 Å². The van der Waals surface area contributed by atoms with E-state index in [-0.39, 0.29) is 31.2 Å². The van der Waals surface area contributed by atoms with Crippen LogP contribution in [0, 0.1) is 5.92 Å². The van der Waals surface area contributed by atoms with Crippen LogP contribution in [0.4, 0.5) is 0 Å². The highest BCUT2D eigenvalue weighted by atomic mass is 32.2. The van der Waals surface area contributed by atoms with Crippen LogP contribution in [-0.2, 0) is 24.3 Å². The van der Waals surface area contributed by atoms with E-state index in [9.17, 15) is 18.0 Å². The molecular formula is C13H21NO6S. The quantitative estimate of drug-likeness (QED) is 0.690. The van der Waals surface area contributed by atoms with Crippen molar-refractivity contribution < 1.29 is 27.9 Å². The molecule has 0 aromatic rings. The molecule has 8 heteroatoms. The maximum Gasteiger partial charge on any atom is 0.308 e. The van der Waals surface area contributed by atoms with Gasteiger partial charge in [-0.25, -0.2) is 8.42 Å². The van der Waals surface area contributed by atoms with E-state index in [1.54, 1.807) is 6.92 Å². The Kier molecular flexibility index (Phi) is 4.88. The Labute approximate surface area is 124 Å². The first-order chi connectivity index (χ1) is 9.86. The van der Waals surface area contributed by atoms with Gasteiger partial charge in [0.2, 0.25) is 10.0 Å². The number of rotatable bonds is 7. The largest absolute Gasteiger partial charge is 0.481 e. The Morgan fingerprint density at radius 2 is 2.05 bits per heavy atom. The SMILES string of the molecule is CCOC(=O)CCCS(=O)(=O)N1C2CCC1C(C(=O)O)C2. The van der Waals surface area contributed by atoms with Gasteiger partial charge < -0.3 is 9.84 Å². The molecule has 120 valence electrons. The predicted molar refractivity (Wildman–Crippen MR) is 74.0 cm³/mol. The van der Waals surface area contributed by atoms with E-state index < -0.39 is 33.9 Å². The standard InChI is InChI=1S/C13H21NO6S/c1-2-20-12(15)4-3-7-21(18,19)14-9-5-6-11(14)10(8-9)13(16)17/h9-11H,2-8H2,1H3,(H,16,17). The molecule has 0 aromatic carbocycles. The second kappa shape index (κ2) is 6.31. The van der Waals surface area contributed by atoms with Gasteiger partial charge >= 0.3 is 11.9 Å². The van der Waals surface area contributed by atoms with Gasteiger partial charge in [-0.3, -0.25) is 9.59 Å². The number of ether oxygens (including phenoxy) is 1. The third-order valence-electron chi connectivity index (χ3n) is 4.20. The van der Waals surface area contributed by atoms with Crippen LogP contribution in [-0.4, -0.2) is 54.2 Å². The zero-order chi connectivity index (χ0) is 15.6. The highest BCUT2D eigenvalue weighted by Gasteiger charge is 2.53. The molecule has 0 spiro atoms. The van der Waals surface area contributed by atoms with Gasteiger partial charge in [0.25, 0.3) is 0 Å². The fourth-order valence-corrected chi connectivity index (χ4v) is 5.41. The van der Waals surface area contributed by atoms with Crippen molar-refractivity contribution in [2.24, 2.45) is 5.92 Å². The van der Waals surface area contributed by atoms with E-state index in [1.807, 2.05) is 0 Å². The van der Waals surface area contributed by atoms with Crippen molar-refractivity contribution in [3.63, 3.8) is 0 Å². The molecule has 0 radical (unpaired) electrons. The Bertz CT molecular complexity index is 517. The minimum Gasteiger partial charge on any atom is -0.481 e. The first-order valence-electron chi connectivity index (χ1n) is 7.26. The second-order valence-corrected chi connectivity index (χ2v) is 7.53. The molecule has 1 N–H and O–H groups in total. The molecule has 0 amide bonds. The molecule has 21 heavy (non-hydrogen) atoms. The number of carboxylic acid groups (broad SMARTS) is 1. The number of carbonyl (C=O) groups excluding carboxylic acids is 1. The molecule has 7 nitrogen and oxygen atoms in total. The summed E-state index contributed by atoms with van der Waals surface area (Å²) >= 11 is 0. The van der Waals surface area contributed by atoms with Crippen molar-refractivity contribution in [1.82, 2.24) is 4.31 Å². The average molecular weight is 319 g/mol. The fourth-order valence-electron chi connectivity index (χ4n) is 3.38. The lowest BCUT2D eigenvalue weighted by Crippen LogP contribution is -2.39. The highest BCUT2D eigenvalue weighted by Crippen LogP contribution is 2.43. The summed E-state index contributed by atoms with van der Waals surface area (Å²) in [6, 6.07) is -0.608. The van der Waals surface area contributed by atoms with Crippen molar-refractivity contribution in [3.8, 4) is 0 Å². The van der Waals surface area contributed by atoms with E-state index in [2.05, 4.69) is 0 Å². The van der Waals surface area contributed by atoms with Crippen LogP contribution < -0.4 is 0 Å². The minimum absolute atomic E-state index is 0.0681. The molecular weight excluding hydrogens is 298 g/mol. The van der Waals surface area contributed by atoms with Crippen LogP contribution in [0.15, 0.2) is 0 Å². The third kappa shape index (κ3) is 3.37. The molecule has 0 aromatic heterocycles. The van der Waals surface area contributed by atoms with Gasteiger partial charge in [-0.05, 0) is 32.6 Å². The van der Waals surface area contributed by atoms with Gasteiger partial charge in [-0.1, -0.05) is 0 Å². The molecule has 2 heterocycles. The van der Waals surface area contributed by atoms with E-state index in [4.69, 9.17) is 9.84 Å². The van der Waals surface area contributed by atoms with Gasteiger partial charge in [0.05, 0.1) is 18.3 Å². The molecule has 2 aliphatic rings. The van der Waals surface area contributed by atoms with Crippen LogP contribution in [0.3, 0.4) is 0 Å². The molecule has 0 aliphatic carbocycles.